The minimum atomic E-state index is -0.929. The third-order valence-electron chi connectivity index (χ3n) is 6.07. The Hall–Kier alpha value is -3.61. The first kappa shape index (κ1) is 30.6. The largest absolute Gasteiger partial charge is 0.444 e. The standard InChI is InChI=1S/C31H43N3O4/c1-10-23-16-13-17-24(19-23)27(28(35)33-26-21(5)14-12-15-22(26)6)34(11-2)29(36)25(18-20(3)4)32-30(37)38-31(7,8)9/h10,12-17,19-20,25,27H,1,11,18H2,2-9H3,(H,32,37)(H,33,35). The summed E-state index contributed by atoms with van der Waals surface area (Å²) in [4.78, 5) is 42.1. The zero-order valence-corrected chi connectivity index (χ0v) is 24.1. The fourth-order valence-corrected chi connectivity index (χ4v) is 4.34. The van der Waals surface area contributed by atoms with E-state index in [1.54, 1.807) is 26.8 Å². The van der Waals surface area contributed by atoms with Gasteiger partial charge in [0.15, 0.2) is 0 Å². The quantitative estimate of drug-likeness (QED) is 0.378. The SMILES string of the molecule is C=Cc1cccc(C(C(=O)Nc2c(C)cccc2C)N(CC)C(=O)C(CC(C)C)NC(=O)OC(C)(C)C)c1. The smallest absolute Gasteiger partial charge is 0.408 e. The Morgan fingerprint density at radius 1 is 1.05 bits per heavy atom. The molecule has 0 aliphatic carbocycles. The molecule has 38 heavy (non-hydrogen) atoms. The molecule has 0 aliphatic rings. The lowest BCUT2D eigenvalue weighted by molar-refractivity contribution is -0.140. The van der Waals surface area contributed by atoms with Crippen molar-refractivity contribution >= 4 is 29.7 Å². The molecule has 7 nitrogen and oxygen atoms in total. The number of alkyl carbamates (subject to hydrolysis) is 1. The van der Waals surface area contributed by atoms with Crippen LogP contribution in [0.2, 0.25) is 0 Å². The summed E-state index contributed by atoms with van der Waals surface area (Å²) in [5.41, 5.74) is 3.35. The maximum Gasteiger partial charge on any atom is 0.408 e. The number of para-hydroxylation sites is 1. The number of ether oxygens (including phenoxy) is 1. The number of nitrogens with zero attached hydrogens (tertiary/aromatic N) is 1. The highest BCUT2D eigenvalue weighted by atomic mass is 16.6. The molecule has 2 atom stereocenters. The van der Waals surface area contributed by atoms with Crippen molar-refractivity contribution in [3.05, 3.63) is 71.3 Å². The molecular weight excluding hydrogens is 478 g/mol. The third-order valence-corrected chi connectivity index (χ3v) is 6.07. The minimum Gasteiger partial charge on any atom is -0.444 e. The Bertz CT molecular complexity index is 1130. The second kappa shape index (κ2) is 13.3. The number of carbonyl (C=O) groups is 3. The highest BCUT2D eigenvalue weighted by Crippen LogP contribution is 2.28. The number of hydrogen-bond acceptors (Lipinski definition) is 4. The summed E-state index contributed by atoms with van der Waals surface area (Å²) in [6.07, 6.45) is 1.43. The van der Waals surface area contributed by atoms with Crippen LogP contribution in [0.15, 0.2) is 49.0 Å². The van der Waals surface area contributed by atoms with Crippen molar-refractivity contribution < 1.29 is 19.1 Å². The monoisotopic (exact) mass is 521 g/mol. The number of amides is 3. The van der Waals surface area contributed by atoms with Crippen LogP contribution in [0.4, 0.5) is 10.5 Å². The number of nitrogens with one attached hydrogen (secondary N) is 2. The molecule has 2 unspecified atom stereocenters. The van der Waals surface area contributed by atoms with Gasteiger partial charge < -0.3 is 20.3 Å². The fourth-order valence-electron chi connectivity index (χ4n) is 4.34. The van der Waals surface area contributed by atoms with Crippen LogP contribution in [0.1, 0.15) is 76.3 Å². The van der Waals surface area contributed by atoms with E-state index >= 15 is 0 Å². The molecule has 7 heteroatoms. The van der Waals surface area contributed by atoms with Gasteiger partial charge in [-0.05, 0) is 82.2 Å². The van der Waals surface area contributed by atoms with Crippen molar-refractivity contribution in [2.45, 2.75) is 79.5 Å². The normalized spacial score (nSPS) is 12.9. The zero-order chi connectivity index (χ0) is 28.6. The van der Waals surface area contributed by atoms with Gasteiger partial charge in [-0.15, -0.1) is 0 Å². The number of rotatable bonds is 10. The van der Waals surface area contributed by atoms with Crippen molar-refractivity contribution in [1.82, 2.24) is 10.2 Å². The van der Waals surface area contributed by atoms with Gasteiger partial charge in [-0.2, -0.15) is 0 Å². The number of hydrogen-bond donors (Lipinski definition) is 2. The van der Waals surface area contributed by atoms with Crippen molar-refractivity contribution in [2.75, 3.05) is 11.9 Å². The van der Waals surface area contributed by atoms with Gasteiger partial charge in [-0.1, -0.05) is 62.9 Å². The minimum absolute atomic E-state index is 0.114. The molecule has 0 saturated heterocycles. The first-order chi connectivity index (χ1) is 17.8. The topological polar surface area (TPSA) is 87.7 Å². The van der Waals surface area contributed by atoms with E-state index in [0.29, 0.717) is 12.0 Å². The van der Waals surface area contributed by atoms with E-state index in [1.165, 1.54) is 4.90 Å². The highest BCUT2D eigenvalue weighted by molar-refractivity contribution is 6.00. The molecular formula is C31H43N3O4. The highest BCUT2D eigenvalue weighted by Gasteiger charge is 2.36. The lowest BCUT2D eigenvalue weighted by Crippen LogP contribution is -2.52. The van der Waals surface area contributed by atoms with Gasteiger partial charge >= 0.3 is 6.09 Å². The summed E-state index contributed by atoms with van der Waals surface area (Å²) in [6.45, 7) is 19.1. The second-order valence-corrected chi connectivity index (χ2v) is 11.0. The molecule has 206 valence electrons. The van der Waals surface area contributed by atoms with Gasteiger partial charge in [0.1, 0.15) is 17.7 Å². The second-order valence-electron chi connectivity index (χ2n) is 11.0. The van der Waals surface area contributed by atoms with E-state index < -0.39 is 23.8 Å². The molecule has 2 N–H and O–H groups in total. The molecule has 2 aromatic carbocycles. The number of likely N-dealkylation sites (N-methyl/N-ethyl adjacent to an activating group) is 1. The maximum absolute atomic E-state index is 14.0. The summed E-state index contributed by atoms with van der Waals surface area (Å²) >= 11 is 0. The van der Waals surface area contributed by atoms with Crippen LogP contribution in [-0.2, 0) is 14.3 Å². The van der Waals surface area contributed by atoms with Crippen molar-refractivity contribution in [3.63, 3.8) is 0 Å². The summed E-state index contributed by atoms with van der Waals surface area (Å²) in [5, 5.41) is 5.82. The number of carbonyl (C=O) groups excluding carboxylic acids is 3. The summed E-state index contributed by atoms with van der Waals surface area (Å²) < 4.78 is 5.43. The van der Waals surface area contributed by atoms with Crippen molar-refractivity contribution in [3.8, 4) is 0 Å². The number of aryl methyl sites for hydroxylation is 2. The van der Waals surface area contributed by atoms with Crippen molar-refractivity contribution in [1.29, 1.82) is 0 Å². The average Bonchev–Trinajstić information content (AvgIpc) is 2.82. The maximum atomic E-state index is 14.0. The van der Waals surface area contributed by atoms with E-state index in [1.807, 2.05) is 77.1 Å². The van der Waals surface area contributed by atoms with Gasteiger partial charge in [0.25, 0.3) is 5.91 Å². The fraction of sp³-hybridized carbons (Fsp3) is 0.452. The molecule has 0 heterocycles. The molecule has 0 aliphatic heterocycles. The molecule has 0 fully saturated rings. The van der Waals surface area contributed by atoms with Crippen LogP contribution in [0.25, 0.3) is 6.08 Å². The van der Waals surface area contributed by atoms with Crippen LogP contribution in [0.3, 0.4) is 0 Å². The van der Waals surface area contributed by atoms with Crippen LogP contribution in [-0.4, -0.2) is 41.0 Å². The molecule has 2 aromatic rings. The number of anilines is 1. The number of benzene rings is 2. The van der Waals surface area contributed by atoms with Gasteiger partial charge in [-0.25, -0.2) is 4.79 Å². The lowest BCUT2D eigenvalue weighted by atomic mass is 9.98. The average molecular weight is 522 g/mol. The Kier molecular flexibility index (Phi) is 10.7. The molecule has 0 bridgehead atoms. The Morgan fingerprint density at radius 3 is 2.18 bits per heavy atom. The Balaban J connectivity index is 2.53. The Labute approximate surface area is 227 Å². The van der Waals surface area contributed by atoms with Crippen LogP contribution >= 0.6 is 0 Å². The summed E-state index contributed by atoms with van der Waals surface area (Å²) in [5.74, 6) is -0.569. The van der Waals surface area contributed by atoms with Gasteiger partial charge in [0.2, 0.25) is 5.91 Å². The van der Waals surface area contributed by atoms with Gasteiger partial charge in [0, 0.05) is 12.2 Å². The van der Waals surface area contributed by atoms with Crippen LogP contribution in [0, 0.1) is 19.8 Å². The van der Waals surface area contributed by atoms with E-state index in [-0.39, 0.29) is 24.3 Å². The van der Waals surface area contributed by atoms with Crippen LogP contribution in [0.5, 0.6) is 0 Å². The molecule has 2 rings (SSSR count). The first-order valence-electron chi connectivity index (χ1n) is 13.2. The van der Waals surface area contributed by atoms with Crippen LogP contribution < -0.4 is 10.6 Å². The van der Waals surface area contributed by atoms with E-state index in [0.717, 1.165) is 22.4 Å². The molecule has 0 aromatic heterocycles. The first-order valence-corrected chi connectivity index (χ1v) is 13.2. The third kappa shape index (κ3) is 8.47. The van der Waals surface area contributed by atoms with E-state index in [4.69, 9.17) is 4.74 Å². The van der Waals surface area contributed by atoms with Gasteiger partial charge in [-0.3, -0.25) is 9.59 Å². The zero-order valence-electron chi connectivity index (χ0n) is 24.1. The summed E-state index contributed by atoms with van der Waals surface area (Å²) in [6, 6.07) is 11.4. The lowest BCUT2D eigenvalue weighted by Gasteiger charge is -2.34. The predicted molar refractivity (Wildman–Crippen MR) is 154 cm³/mol. The molecule has 0 radical (unpaired) electrons. The predicted octanol–water partition coefficient (Wildman–Crippen LogP) is 6.41. The molecule has 0 spiro atoms. The van der Waals surface area contributed by atoms with Gasteiger partial charge in [0.05, 0.1) is 0 Å². The summed E-state index contributed by atoms with van der Waals surface area (Å²) in [7, 11) is 0. The molecule has 0 saturated carbocycles. The van der Waals surface area contributed by atoms with E-state index in [2.05, 4.69) is 17.2 Å². The van der Waals surface area contributed by atoms with E-state index in [9.17, 15) is 14.4 Å². The molecule has 3 amide bonds. The Morgan fingerprint density at radius 2 is 1.66 bits per heavy atom. The van der Waals surface area contributed by atoms with Crippen molar-refractivity contribution in [2.24, 2.45) is 5.92 Å².